The van der Waals surface area contributed by atoms with Gasteiger partial charge in [-0.05, 0) is 91.3 Å². The smallest absolute Gasteiger partial charge is 0.307 e. The molecule has 5 aliphatic carbocycles. The standard InChI is InChI=1S/C40H63N5O5/c1-24(2)25(3)35(4)17-18-37(6)26-11-12-29-36(5)20-49-22-40(29,27(26)13-16-38(37,7)30(35)34(47)48)19-28(45-33(32(41)46)43-23-44-45)31(36)50-21-39(42)14-9-8-10-15-39/h13,23-26,28-31H,8-12,14-22,42H2,1-7H3,(H2,41,46)(H,47,48)/t25-,26+,28-,29+,30-,31+,35-,36+,37-,38+,40+/m1/s1. The molecule has 0 aromatic carbocycles. The number of carboxylic acids is 1. The molecule has 5 N–H and O–H groups in total. The maximum absolute atomic E-state index is 13.5. The van der Waals surface area contributed by atoms with Crippen LogP contribution >= 0.6 is 0 Å². The predicted molar refractivity (Wildman–Crippen MR) is 191 cm³/mol. The van der Waals surface area contributed by atoms with Crippen LogP contribution in [0.3, 0.4) is 0 Å². The fourth-order valence-electron chi connectivity index (χ4n) is 13.4. The van der Waals surface area contributed by atoms with Crippen molar-refractivity contribution < 1.29 is 24.2 Å². The number of amides is 1. The van der Waals surface area contributed by atoms with E-state index in [9.17, 15) is 14.7 Å². The van der Waals surface area contributed by atoms with Crippen LogP contribution in [0.25, 0.3) is 0 Å². The van der Waals surface area contributed by atoms with Crippen molar-refractivity contribution in [2.75, 3.05) is 19.8 Å². The lowest BCUT2D eigenvalue weighted by atomic mass is 9.34. The molecule has 1 aliphatic heterocycles. The number of primary amides is 1. The molecule has 2 heterocycles. The Kier molecular flexibility index (Phi) is 8.75. The van der Waals surface area contributed by atoms with E-state index < -0.39 is 23.2 Å². The predicted octanol–water partition coefficient (Wildman–Crippen LogP) is 6.55. The Morgan fingerprint density at radius 2 is 1.76 bits per heavy atom. The Labute approximate surface area is 298 Å². The molecule has 0 radical (unpaired) electrons. The van der Waals surface area contributed by atoms with Crippen LogP contribution in [0, 0.1) is 56.7 Å². The topological polar surface area (TPSA) is 156 Å². The van der Waals surface area contributed by atoms with Gasteiger partial charge in [-0.15, -0.1) is 0 Å². The summed E-state index contributed by atoms with van der Waals surface area (Å²) in [6.45, 7) is 17.6. The van der Waals surface area contributed by atoms with Gasteiger partial charge in [0, 0.05) is 16.4 Å². The number of ether oxygens (including phenoxy) is 2. The average Bonchev–Trinajstić information content (AvgIpc) is 3.55. The number of rotatable bonds is 8. The van der Waals surface area contributed by atoms with Crippen molar-refractivity contribution in [2.45, 2.75) is 137 Å². The lowest BCUT2D eigenvalue weighted by molar-refractivity contribution is -0.252. The van der Waals surface area contributed by atoms with Gasteiger partial charge >= 0.3 is 5.97 Å². The van der Waals surface area contributed by atoms with E-state index in [0.29, 0.717) is 38.1 Å². The SMILES string of the molecule is CC(C)[C@@H](C)[C@@]1(C)CC[C@]2(C)[C@H]3CC[C@@H]4[C@@]5(COC[C@]4(C)[C@@H](OCC4(N)CCCCC4)[C@H](n4ncnc4C(N)=O)C5)C3=CC[C@@]2(C)[C@@H]1C(=O)O. The lowest BCUT2D eigenvalue weighted by Crippen LogP contribution is -2.69. The van der Waals surface area contributed by atoms with Crippen molar-refractivity contribution in [3.8, 4) is 0 Å². The highest BCUT2D eigenvalue weighted by atomic mass is 16.5. The largest absolute Gasteiger partial charge is 0.481 e. The molecular weight excluding hydrogens is 630 g/mol. The first-order valence-corrected chi connectivity index (χ1v) is 19.6. The van der Waals surface area contributed by atoms with Crippen LogP contribution in [0.4, 0.5) is 0 Å². The summed E-state index contributed by atoms with van der Waals surface area (Å²) >= 11 is 0. The molecule has 7 rings (SSSR count). The molecule has 0 spiro atoms. The Balaban J connectivity index is 1.32. The molecule has 10 heteroatoms. The van der Waals surface area contributed by atoms with Gasteiger partial charge in [-0.3, -0.25) is 9.59 Å². The van der Waals surface area contributed by atoms with Gasteiger partial charge in [0.05, 0.1) is 37.9 Å². The molecule has 1 aromatic heterocycles. The lowest BCUT2D eigenvalue weighted by Gasteiger charge is -2.71. The fourth-order valence-corrected chi connectivity index (χ4v) is 13.4. The van der Waals surface area contributed by atoms with Crippen molar-refractivity contribution in [3.05, 3.63) is 23.8 Å². The third kappa shape index (κ3) is 4.96. The molecule has 1 saturated heterocycles. The zero-order valence-electron chi connectivity index (χ0n) is 31.7. The van der Waals surface area contributed by atoms with E-state index in [0.717, 1.165) is 57.8 Å². The van der Waals surface area contributed by atoms with Crippen LogP contribution < -0.4 is 11.5 Å². The summed E-state index contributed by atoms with van der Waals surface area (Å²) in [7, 11) is 0. The maximum Gasteiger partial charge on any atom is 0.307 e. The number of hydrogen-bond donors (Lipinski definition) is 3. The molecule has 5 fully saturated rings. The summed E-state index contributed by atoms with van der Waals surface area (Å²) < 4.78 is 15.5. The molecule has 1 amide bonds. The van der Waals surface area contributed by atoms with Gasteiger partial charge in [-0.1, -0.05) is 79.4 Å². The summed E-state index contributed by atoms with van der Waals surface area (Å²) in [5, 5.41) is 15.7. The van der Waals surface area contributed by atoms with E-state index in [1.807, 2.05) is 0 Å². The van der Waals surface area contributed by atoms with Crippen molar-refractivity contribution in [3.63, 3.8) is 0 Å². The van der Waals surface area contributed by atoms with Crippen LogP contribution in [-0.4, -0.2) is 63.2 Å². The van der Waals surface area contributed by atoms with Gasteiger partial charge in [0.1, 0.15) is 6.33 Å². The first-order valence-electron chi connectivity index (χ1n) is 19.6. The molecule has 50 heavy (non-hydrogen) atoms. The van der Waals surface area contributed by atoms with Crippen LogP contribution in [-0.2, 0) is 14.3 Å². The zero-order chi connectivity index (χ0) is 36.1. The maximum atomic E-state index is 13.5. The number of aromatic nitrogens is 3. The highest BCUT2D eigenvalue weighted by molar-refractivity contribution is 5.89. The summed E-state index contributed by atoms with van der Waals surface area (Å²) in [4.78, 5) is 30.5. The molecule has 10 nitrogen and oxygen atoms in total. The normalized spacial score (nSPS) is 44.3. The minimum absolute atomic E-state index is 0.154. The molecule has 278 valence electrons. The number of nitrogens with zero attached hydrogens (tertiary/aromatic N) is 3. The fraction of sp³-hybridized carbons (Fsp3) is 0.850. The van der Waals surface area contributed by atoms with Gasteiger partial charge in [0.25, 0.3) is 5.91 Å². The number of nitrogens with two attached hydrogens (primary N) is 2. The van der Waals surface area contributed by atoms with Crippen LogP contribution in [0.2, 0.25) is 0 Å². The molecule has 1 aromatic rings. The highest BCUT2D eigenvalue weighted by Crippen LogP contribution is 2.75. The molecule has 6 aliphatic rings. The van der Waals surface area contributed by atoms with Gasteiger partial charge in [-0.2, -0.15) is 5.10 Å². The quantitative estimate of drug-likeness (QED) is 0.259. The van der Waals surface area contributed by atoms with E-state index in [1.54, 1.807) is 4.68 Å². The van der Waals surface area contributed by atoms with E-state index in [2.05, 4.69) is 64.6 Å². The third-order valence-corrected chi connectivity index (χ3v) is 16.6. The number of aliphatic carboxylic acids is 1. The summed E-state index contributed by atoms with van der Waals surface area (Å²) in [5.41, 5.74) is 12.4. The zero-order valence-corrected chi connectivity index (χ0v) is 31.7. The van der Waals surface area contributed by atoms with Gasteiger partial charge in [0.15, 0.2) is 0 Å². The Morgan fingerprint density at radius 1 is 1.04 bits per heavy atom. The average molecular weight is 694 g/mol. The molecule has 2 bridgehead atoms. The van der Waals surface area contributed by atoms with E-state index in [1.165, 1.54) is 18.3 Å². The third-order valence-electron chi connectivity index (χ3n) is 16.6. The number of hydrogen-bond acceptors (Lipinski definition) is 7. The molecule has 0 unspecified atom stereocenters. The second-order valence-electron chi connectivity index (χ2n) is 19.2. The second-order valence-corrected chi connectivity index (χ2v) is 19.2. The van der Waals surface area contributed by atoms with Crippen molar-refractivity contribution in [2.24, 2.45) is 68.1 Å². The Morgan fingerprint density at radius 3 is 2.42 bits per heavy atom. The van der Waals surface area contributed by atoms with Crippen molar-refractivity contribution in [1.29, 1.82) is 0 Å². The minimum atomic E-state index is -0.649. The van der Waals surface area contributed by atoms with Crippen molar-refractivity contribution in [1.82, 2.24) is 14.8 Å². The Hall–Kier alpha value is -2.30. The van der Waals surface area contributed by atoms with Crippen LogP contribution in [0.15, 0.2) is 18.0 Å². The second kappa shape index (κ2) is 12.1. The minimum Gasteiger partial charge on any atom is -0.481 e. The first kappa shape index (κ1) is 36.1. The van der Waals surface area contributed by atoms with Crippen LogP contribution in [0.1, 0.15) is 136 Å². The number of allylic oxidation sites excluding steroid dienone is 1. The van der Waals surface area contributed by atoms with Gasteiger partial charge in [-0.25, -0.2) is 9.67 Å². The number of fused-ring (bicyclic) bond motifs is 3. The number of carbonyl (C=O) groups excluding carboxylic acids is 1. The van der Waals surface area contributed by atoms with Gasteiger partial charge in [0.2, 0.25) is 5.82 Å². The van der Waals surface area contributed by atoms with E-state index >= 15 is 0 Å². The monoisotopic (exact) mass is 693 g/mol. The summed E-state index contributed by atoms with van der Waals surface area (Å²) in [6.07, 6.45) is 14.3. The molecule has 4 saturated carbocycles. The first-order chi connectivity index (χ1) is 23.5. The van der Waals surface area contributed by atoms with E-state index in [-0.39, 0.29) is 57.0 Å². The van der Waals surface area contributed by atoms with E-state index in [4.69, 9.17) is 20.9 Å². The number of carboxylic acid groups (broad SMARTS) is 1. The van der Waals surface area contributed by atoms with Crippen molar-refractivity contribution >= 4 is 11.9 Å². The van der Waals surface area contributed by atoms with Gasteiger partial charge < -0.3 is 26.0 Å². The van der Waals surface area contributed by atoms with Crippen LogP contribution in [0.5, 0.6) is 0 Å². The highest BCUT2D eigenvalue weighted by Gasteiger charge is 2.72. The summed E-state index contributed by atoms with van der Waals surface area (Å²) in [6, 6.07) is -0.286. The summed E-state index contributed by atoms with van der Waals surface area (Å²) in [5.74, 6) is -0.312. The molecule has 11 atom stereocenters. The number of carbonyl (C=O) groups is 2. The Bertz CT molecular complexity index is 1530. The molecular formula is C40H63N5O5.